The van der Waals surface area contributed by atoms with Gasteiger partial charge < -0.3 is 5.73 Å². The fourth-order valence-electron chi connectivity index (χ4n) is 1.62. The predicted octanol–water partition coefficient (Wildman–Crippen LogP) is 1.83. The maximum Gasteiger partial charge on any atom is 0.149 e. The number of sulfone groups is 1. The van der Waals surface area contributed by atoms with Gasteiger partial charge in [-0.3, -0.25) is 0 Å². The number of nitrogens with two attached hydrogens (primary N) is 1. The van der Waals surface area contributed by atoms with Crippen LogP contribution >= 0.6 is 11.6 Å². The summed E-state index contributed by atoms with van der Waals surface area (Å²) in [4.78, 5) is 0. The fraction of sp³-hybridized carbons (Fsp3) is 0.250. The summed E-state index contributed by atoms with van der Waals surface area (Å²) in [5.41, 5.74) is 7.40. The Balaban J connectivity index is 2.23. The molecule has 0 saturated carbocycles. The van der Waals surface area contributed by atoms with Crippen molar-refractivity contribution in [3.8, 4) is 11.3 Å². The lowest BCUT2D eigenvalue weighted by atomic mass is 10.1. The predicted molar refractivity (Wildman–Crippen MR) is 76.8 cm³/mol. The number of hydrogen-bond donors (Lipinski definition) is 1. The highest BCUT2D eigenvalue weighted by molar-refractivity contribution is 7.90. The highest BCUT2D eigenvalue weighted by Gasteiger charge is 2.09. The number of anilines is 1. The molecule has 0 saturated heterocycles. The maximum absolute atomic E-state index is 11.1. The SMILES string of the molecule is CS(=O)(=O)CCn1nc(-c2ccc(Cl)cc2)cc1N. The molecule has 5 nitrogen and oxygen atoms in total. The van der Waals surface area contributed by atoms with E-state index in [0.717, 1.165) is 5.56 Å². The van der Waals surface area contributed by atoms with Gasteiger partial charge in [0.15, 0.2) is 0 Å². The Hall–Kier alpha value is -1.53. The Kier molecular flexibility index (Phi) is 3.82. The first-order valence-corrected chi connectivity index (χ1v) is 8.06. The summed E-state index contributed by atoms with van der Waals surface area (Å²) in [5.74, 6) is 0.451. The molecule has 2 aromatic rings. The smallest absolute Gasteiger partial charge is 0.149 e. The number of nitrogens with zero attached hydrogens (tertiary/aromatic N) is 2. The van der Waals surface area contributed by atoms with Crippen molar-refractivity contribution in [3.05, 3.63) is 35.4 Å². The van der Waals surface area contributed by atoms with Gasteiger partial charge in [-0.2, -0.15) is 5.10 Å². The highest BCUT2D eigenvalue weighted by atomic mass is 35.5. The number of benzene rings is 1. The third kappa shape index (κ3) is 3.71. The van der Waals surface area contributed by atoms with Crippen molar-refractivity contribution >= 4 is 27.3 Å². The van der Waals surface area contributed by atoms with Crippen LogP contribution < -0.4 is 5.73 Å². The van der Waals surface area contributed by atoms with Gasteiger partial charge in [0.05, 0.1) is 18.0 Å². The summed E-state index contributed by atoms with van der Waals surface area (Å²) < 4.78 is 23.8. The maximum atomic E-state index is 11.1. The molecule has 1 aromatic carbocycles. The first-order valence-electron chi connectivity index (χ1n) is 5.62. The van der Waals surface area contributed by atoms with Crippen LogP contribution in [-0.4, -0.2) is 30.2 Å². The first kappa shape index (κ1) is 13.9. The molecule has 0 bridgehead atoms. The topological polar surface area (TPSA) is 78.0 Å². The van der Waals surface area contributed by atoms with Gasteiger partial charge in [-0.25, -0.2) is 13.1 Å². The van der Waals surface area contributed by atoms with Gasteiger partial charge in [-0.05, 0) is 12.1 Å². The minimum absolute atomic E-state index is 0.0128. The molecule has 102 valence electrons. The summed E-state index contributed by atoms with van der Waals surface area (Å²) in [7, 11) is -3.03. The van der Waals surface area contributed by atoms with Crippen LogP contribution in [0.25, 0.3) is 11.3 Å². The minimum Gasteiger partial charge on any atom is -0.384 e. The lowest BCUT2D eigenvalue weighted by Crippen LogP contribution is -2.13. The molecule has 0 unspecified atom stereocenters. The summed E-state index contributed by atoms with van der Waals surface area (Å²) in [6.45, 7) is 0.248. The van der Waals surface area contributed by atoms with Gasteiger partial charge in [0, 0.05) is 22.9 Å². The molecule has 0 atom stereocenters. The Bertz CT molecular complexity index is 678. The Morgan fingerprint density at radius 3 is 2.53 bits per heavy atom. The van der Waals surface area contributed by atoms with E-state index in [4.69, 9.17) is 17.3 Å². The molecular weight excluding hydrogens is 286 g/mol. The van der Waals surface area contributed by atoms with Crippen LogP contribution in [0, 0.1) is 0 Å². The van der Waals surface area contributed by atoms with Crippen LogP contribution in [0.2, 0.25) is 5.02 Å². The molecule has 1 heterocycles. The zero-order chi connectivity index (χ0) is 14.0. The molecule has 0 spiro atoms. The van der Waals surface area contributed by atoms with Crippen LogP contribution in [-0.2, 0) is 16.4 Å². The second-order valence-electron chi connectivity index (χ2n) is 4.31. The molecule has 0 aliphatic rings. The number of hydrogen-bond acceptors (Lipinski definition) is 4. The van der Waals surface area contributed by atoms with Gasteiger partial charge in [0.2, 0.25) is 0 Å². The van der Waals surface area contributed by atoms with Crippen molar-refractivity contribution in [1.29, 1.82) is 0 Å². The first-order chi connectivity index (χ1) is 8.85. The van der Waals surface area contributed by atoms with Crippen LogP contribution in [0.3, 0.4) is 0 Å². The van der Waals surface area contributed by atoms with E-state index in [1.165, 1.54) is 10.9 Å². The van der Waals surface area contributed by atoms with Crippen molar-refractivity contribution in [2.24, 2.45) is 0 Å². The van der Waals surface area contributed by atoms with E-state index >= 15 is 0 Å². The van der Waals surface area contributed by atoms with Gasteiger partial charge >= 0.3 is 0 Å². The molecule has 0 aliphatic carbocycles. The van der Waals surface area contributed by atoms with Crippen LogP contribution in [0.5, 0.6) is 0 Å². The van der Waals surface area contributed by atoms with Crippen LogP contribution in [0.4, 0.5) is 5.82 Å². The van der Waals surface area contributed by atoms with E-state index in [1.807, 2.05) is 12.1 Å². The van der Waals surface area contributed by atoms with Crippen molar-refractivity contribution in [3.63, 3.8) is 0 Å². The summed E-state index contributed by atoms with van der Waals surface area (Å²) in [6, 6.07) is 8.92. The zero-order valence-corrected chi connectivity index (χ0v) is 11.9. The number of aryl methyl sites for hydroxylation is 1. The number of aromatic nitrogens is 2. The van der Waals surface area contributed by atoms with Gasteiger partial charge in [0.25, 0.3) is 0 Å². The monoisotopic (exact) mass is 299 g/mol. The third-order valence-electron chi connectivity index (χ3n) is 2.62. The molecule has 0 aliphatic heterocycles. The Morgan fingerprint density at radius 1 is 1.32 bits per heavy atom. The van der Waals surface area contributed by atoms with Crippen molar-refractivity contribution in [2.45, 2.75) is 6.54 Å². The fourth-order valence-corrected chi connectivity index (χ4v) is 2.25. The summed E-state index contributed by atoms with van der Waals surface area (Å²) in [5, 5.41) is 4.94. The average Bonchev–Trinajstić information content (AvgIpc) is 2.68. The highest BCUT2D eigenvalue weighted by Crippen LogP contribution is 2.22. The normalized spacial score (nSPS) is 11.7. The van der Waals surface area contributed by atoms with Gasteiger partial charge in [0.1, 0.15) is 15.7 Å². The van der Waals surface area contributed by atoms with Gasteiger partial charge in [-0.15, -0.1) is 0 Å². The zero-order valence-electron chi connectivity index (χ0n) is 10.4. The molecule has 19 heavy (non-hydrogen) atoms. The van der Waals surface area contributed by atoms with E-state index in [-0.39, 0.29) is 12.3 Å². The molecule has 0 amide bonds. The lowest BCUT2D eigenvalue weighted by molar-refractivity contribution is 0.588. The summed E-state index contributed by atoms with van der Waals surface area (Å²) in [6.07, 6.45) is 1.19. The number of rotatable bonds is 4. The second kappa shape index (κ2) is 5.22. The van der Waals surface area contributed by atoms with Crippen LogP contribution in [0.1, 0.15) is 0 Å². The molecule has 2 rings (SSSR count). The molecule has 1 aromatic heterocycles. The number of nitrogen functional groups attached to an aromatic ring is 1. The lowest BCUT2D eigenvalue weighted by Gasteiger charge is -2.02. The Labute approximate surface area is 116 Å². The van der Waals surface area contributed by atoms with E-state index in [2.05, 4.69) is 5.10 Å². The molecule has 0 fully saturated rings. The second-order valence-corrected chi connectivity index (χ2v) is 7.01. The number of halogens is 1. The molecular formula is C12H14ClN3O2S. The van der Waals surface area contributed by atoms with E-state index in [0.29, 0.717) is 16.5 Å². The third-order valence-corrected chi connectivity index (χ3v) is 3.80. The van der Waals surface area contributed by atoms with E-state index in [9.17, 15) is 8.42 Å². The van der Waals surface area contributed by atoms with Crippen molar-refractivity contribution < 1.29 is 8.42 Å². The summed E-state index contributed by atoms with van der Waals surface area (Å²) >= 11 is 5.82. The van der Waals surface area contributed by atoms with Crippen molar-refractivity contribution in [1.82, 2.24) is 9.78 Å². The molecule has 2 N–H and O–H groups in total. The van der Waals surface area contributed by atoms with E-state index in [1.54, 1.807) is 18.2 Å². The van der Waals surface area contributed by atoms with Gasteiger partial charge in [-0.1, -0.05) is 23.7 Å². The van der Waals surface area contributed by atoms with Crippen LogP contribution in [0.15, 0.2) is 30.3 Å². The molecule has 7 heteroatoms. The Morgan fingerprint density at radius 2 is 1.95 bits per heavy atom. The molecule has 0 radical (unpaired) electrons. The average molecular weight is 300 g/mol. The van der Waals surface area contributed by atoms with Crippen molar-refractivity contribution in [2.75, 3.05) is 17.7 Å². The quantitative estimate of drug-likeness (QED) is 0.934. The van der Waals surface area contributed by atoms with E-state index < -0.39 is 9.84 Å². The minimum atomic E-state index is -3.03. The largest absolute Gasteiger partial charge is 0.384 e. The standard InChI is InChI=1S/C12H14ClN3O2S/c1-19(17,18)7-6-16-12(14)8-11(15-16)9-2-4-10(13)5-3-9/h2-5,8H,6-7,14H2,1H3.